The van der Waals surface area contributed by atoms with Gasteiger partial charge in [0.05, 0.1) is 6.20 Å². The maximum Gasteiger partial charge on any atom is 0.244 e. The van der Waals surface area contributed by atoms with E-state index in [2.05, 4.69) is 21.8 Å². The molecule has 3 rings (SSSR count). The van der Waals surface area contributed by atoms with Crippen LogP contribution in [0.1, 0.15) is 38.2 Å². The van der Waals surface area contributed by atoms with E-state index in [1.807, 2.05) is 19.3 Å². The van der Waals surface area contributed by atoms with Crippen molar-refractivity contribution < 1.29 is 4.79 Å². The molecular weight excluding hydrogens is 264 g/mol. The van der Waals surface area contributed by atoms with Crippen LogP contribution in [0.5, 0.6) is 0 Å². The van der Waals surface area contributed by atoms with Crippen molar-refractivity contribution in [2.24, 2.45) is 0 Å². The van der Waals surface area contributed by atoms with E-state index in [0.717, 1.165) is 31.5 Å². The SMILES string of the molecule is CCN1CCC[C@H]1[C@@H]1CCCN1C(=O)Cn1cc(C)cn1. The topological polar surface area (TPSA) is 41.4 Å². The molecule has 116 valence electrons. The van der Waals surface area contributed by atoms with Crippen LogP contribution >= 0.6 is 0 Å². The third kappa shape index (κ3) is 2.98. The van der Waals surface area contributed by atoms with Crippen LogP contribution in [0.2, 0.25) is 0 Å². The second-order valence-corrected chi connectivity index (χ2v) is 6.35. The summed E-state index contributed by atoms with van der Waals surface area (Å²) in [6.07, 6.45) is 8.56. The van der Waals surface area contributed by atoms with Crippen LogP contribution in [0.15, 0.2) is 12.4 Å². The molecule has 0 aliphatic carbocycles. The maximum absolute atomic E-state index is 12.6. The van der Waals surface area contributed by atoms with Crippen LogP contribution in [-0.2, 0) is 11.3 Å². The molecule has 2 aliphatic rings. The molecule has 0 aromatic carbocycles. The van der Waals surface area contributed by atoms with E-state index in [1.54, 1.807) is 4.68 Å². The molecule has 2 fully saturated rings. The summed E-state index contributed by atoms with van der Waals surface area (Å²) in [6.45, 7) is 7.82. The number of carbonyl (C=O) groups excluding carboxylic acids is 1. The lowest BCUT2D eigenvalue weighted by Crippen LogP contribution is -2.49. The van der Waals surface area contributed by atoms with Gasteiger partial charge in [0.2, 0.25) is 5.91 Å². The third-order valence-electron chi connectivity index (χ3n) is 4.94. The first-order valence-corrected chi connectivity index (χ1v) is 8.21. The fourth-order valence-corrected chi connectivity index (χ4v) is 3.97. The van der Waals surface area contributed by atoms with Gasteiger partial charge >= 0.3 is 0 Å². The number of hydrogen-bond donors (Lipinski definition) is 0. The predicted molar refractivity (Wildman–Crippen MR) is 82.0 cm³/mol. The average molecular weight is 290 g/mol. The Labute approximate surface area is 126 Å². The highest BCUT2D eigenvalue weighted by atomic mass is 16.2. The number of carbonyl (C=O) groups is 1. The number of likely N-dealkylation sites (tertiary alicyclic amines) is 2. The van der Waals surface area contributed by atoms with E-state index >= 15 is 0 Å². The summed E-state index contributed by atoms with van der Waals surface area (Å²) in [6, 6.07) is 0.984. The van der Waals surface area contributed by atoms with E-state index < -0.39 is 0 Å². The van der Waals surface area contributed by atoms with E-state index in [9.17, 15) is 4.79 Å². The zero-order valence-corrected chi connectivity index (χ0v) is 13.2. The summed E-state index contributed by atoms with van der Waals surface area (Å²) >= 11 is 0. The standard InChI is InChI=1S/C16H26N4O/c1-3-18-8-4-6-14(18)15-7-5-9-20(15)16(21)12-19-11-13(2)10-17-19/h10-11,14-15H,3-9,12H2,1-2H3/t14-,15-/m0/s1. The molecule has 0 saturated carbocycles. The lowest BCUT2D eigenvalue weighted by Gasteiger charge is -2.34. The third-order valence-corrected chi connectivity index (χ3v) is 4.94. The summed E-state index contributed by atoms with van der Waals surface area (Å²) in [5.41, 5.74) is 1.11. The van der Waals surface area contributed by atoms with Gasteiger partial charge in [-0.15, -0.1) is 0 Å². The Bertz CT molecular complexity index is 498. The molecule has 5 heteroatoms. The fraction of sp³-hybridized carbons (Fsp3) is 0.750. The number of rotatable bonds is 4. The monoisotopic (exact) mass is 290 g/mol. The first-order chi connectivity index (χ1) is 10.2. The first-order valence-electron chi connectivity index (χ1n) is 8.21. The minimum atomic E-state index is 0.226. The number of aromatic nitrogens is 2. The largest absolute Gasteiger partial charge is 0.337 e. The van der Waals surface area contributed by atoms with Gasteiger partial charge in [0.1, 0.15) is 6.54 Å². The van der Waals surface area contributed by atoms with Crippen molar-refractivity contribution in [2.45, 2.75) is 58.2 Å². The van der Waals surface area contributed by atoms with Gasteiger partial charge in [-0.25, -0.2) is 0 Å². The van der Waals surface area contributed by atoms with Gasteiger partial charge in [0.25, 0.3) is 0 Å². The highest BCUT2D eigenvalue weighted by molar-refractivity contribution is 5.76. The highest BCUT2D eigenvalue weighted by Gasteiger charge is 2.38. The zero-order valence-electron chi connectivity index (χ0n) is 13.2. The molecule has 0 unspecified atom stereocenters. The molecule has 3 heterocycles. The Hall–Kier alpha value is -1.36. The highest BCUT2D eigenvalue weighted by Crippen LogP contribution is 2.29. The zero-order chi connectivity index (χ0) is 14.8. The lowest BCUT2D eigenvalue weighted by atomic mass is 10.0. The fourth-order valence-electron chi connectivity index (χ4n) is 3.97. The molecule has 2 saturated heterocycles. The van der Waals surface area contributed by atoms with Crippen LogP contribution in [0.4, 0.5) is 0 Å². The Kier molecular flexibility index (Phi) is 4.29. The van der Waals surface area contributed by atoms with Crippen LogP contribution in [0.25, 0.3) is 0 Å². The van der Waals surface area contributed by atoms with Gasteiger partial charge < -0.3 is 4.90 Å². The van der Waals surface area contributed by atoms with Gasteiger partial charge in [-0.05, 0) is 51.3 Å². The second-order valence-electron chi connectivity index (χ2n) is 6.35. The maximum atomic E-state index is 12.6. The normalized spacial score (nSPS) is 26.7. The molecule has 0 bridgehead atoms. The number of hydrogen-bond acceptors (Lipinski definition) is 3. The van der Waals surface area contributed by atoms with E-state index in [1.165, 1.54) is 19.4 Å². The van der Waals surface area contributed by atoms with E-state index in [4.69, 9.17) is 0 Å². The summed E-state index contributed by atoms with van der Waals surface area (Å²) in [4.78, 5) is 17.3. The first kappa shape index (κ1) is 14.6. The summed E-state index contributed by atoms with van der Waals surface area (Å²) in [5.74, 6) is 0.226. The quantitative estimate of drug-likeness (QED) is 0.847. The average Bonchev–Trinajstić information content (AvgIpc) is 3.16. The Morgan fingerprint density at radius 1 is 1.29 bits per heavy atom. The minimum Gasteiger partial charge on any atom is -0.337 e. The van der Waals surface area contributed by atoms with Gasteiger partial charge in [-0.2, -0.15) is 5.10 Å². The lowest BCUT2D eigenvalue weighted by molar-refractivity contribution is -0.133. The molecule has 2 aliphatic heterocycles. The Morgan fingerprint density at radius 2 is 2.05 bits per heavy atom. The second kappa shape index (κ2) is 6.18. The molecule has 1 aromatic heterocycles. The van der Waals surface area contributed by atoms with Crippen LogP contribution in [-0.4, -0.2) is 57.2 Å². The molecule has 1 aromatic rings. The van der Waals surface area contributed by atoms with Crippen molar-refractivity contribution in [2.75, 3.05) is 19.6 Å². The predicted octanol–water partition coefficient (Wildman–Crippen LogP) is 1.67. The minimum absolute atomic E-state index is 0.226. The van der Waals surface area contributed by atoms with Crippen molar-refractivity contribution >= 4 is 5.91 Å². The van der Waals surface area contributed by atoms with Crippen LogP contribution in [0, 0.1) is 6.92 Å². The Morgan fingerprint density at radius 3 is 2.76 bits per heavy atom. The van der Waals surface area contributed by atoms with Gasteiger partial charge in [-0.1, -0.05) is 6.92 Å². The summed E-state index contributed by atoms with van der Waals surface area (Å²) in [7, 11) is 0. The van der Waals surface area contributed by atoms with Crippen molar-refractivity contribution in [1.29, 1.82) is 0 Å². The van der Waals surface area contributed by atoms with Gasteiger partial charge in [-0.3, -0.25) is 14.4 Å². The summed E-state index contributed by atoms with van der Waals surface area (Å²) < 4.78 is 1.76. The van der Waals surface area contributed by atoms with Crippen molar-refractivity contribution in [3.8, 4) is 0 Å². The van der Waals surface area contributed by atoms with E-state index in [-0.39, 0.29) is 5.91 Å². The number of likely N-dealkylation sites (N-methyl/N-ethyl adjacent to an activating group) is 1. The molecule has 0 N–H and O–H groups in total. The molecule has 1 amide bonds. The number of aryl methyl sites for hydroxylation is 1. The molecule has 2 atom stereocenters. The van der Waals surface area contributed by atoms with Crippen molar-refractivity contribution in [3.05, 3.63) is 18.0 Å². The van der Waals surface area contributed by atoms with Gasteiger partial charge in [0.15, 0.2) is 0 Å². The molecule has 21 heavy (non-hydrogen) atoms. The number of amides is 1. The number of nitrogens with zero attached hydrogens (tertiary/aromatic N) is 4. The van der Waals surface area contributed by atoms with Crippen molar-refractivity contribution in [1.82, 2.24) is 19.6 Å². The van der Waals surface area contributed by atoms with Crippen LogP contribution in [0.3, 0.4) is 0 Å². The van der Waals surface area contributed by atoms with E-state index in [0.29, 0.717) is 18.6 Å². The molecular formula is C16H26N4O. The summed E-state index contributed by atoms with van der Waals surface area (Å²) in [5, 5.41) is 4.24. The van der Waals surface area contributed by atoms with Crippen LogP contribution < -0.4 is 0 Å². The smallest absolute Gasteiger partial charge is 0.244 e. The van der Waals surface area contributed by atoms with Crippen molar-refractivity contribution in [3.63, 3.8) is 0 Å². The van der Waals surface area contributed by atoms with Gasteiger partial charge in [0, 0.05) is 24.8 Å². The molecule has 5 nitrogen and oxygen atoms in total. The molecule has 0 radical (unpaired) electrons. The molecule has 0 spiro atoms. The Balaban J connectivity index is 1.67.